The first-order valence-electron chi connectivity index (χ1n) is 6.55. The van der Waals surface area contributed by atoms with Crippen molar-refractivity contribution in [3.05, 3.63) is 53.2 Å². The Bertz CT molecular complexity index is 740. The van der Waals surface area contributed by atoms with Gasteiger partial charge < -0.3 is 0 Å². The summed E-state index contributed by atoms with van der Waals surface area (Å²) < 4.78 is 78.8. The number of hydrogen-bond donors (Lipinski definition) is 0. The van der Waals surface area contributed by atoms with Crippen LogP contribution in [0.4, 0.5) is 17.6 Å². The summed E-state index contributed by atoms with van der Waals surface area (Å²) in [6.45, 7) is 0.954. The monoisotopic (exact) mass is 367 g/mol. The third-order valence-corrected chi connectivity index (χ3v) is 6.47. The van der Waals surface area contributed by atoms with Crippen LogP contribution >= 0.6 is 11.3 Å². The van der Waals surface area contributed by atoms with Gasteiger partial charge in [-0.25, -0.2) is 12.8 Å². The fraction of sp³-hybridized carbons (Fsp3) is 0.286. The van der Waals surface area contributed by atoms with Gasteiger partial charge in [-0.15, -0.1) is 11.3 Å². The highest BCUT2D eigenvalue weighted by Gasteiger charge is 2.48. The van der Waals surface area contributed by atoms with Gasteiger partial charge in [0.05, 0.1) is 0 Å². The van der Waals surface area contributed by atoms with E-state index in [0.717, 1.165) is 35.6 Å². The molecule has 2 aromatic rings. The van der Waals surface area contributed by atoms with Crippen LogP contribution in [0.1, 0.15) is 18.5 Å². The molecule has 0 aliphatic carbocycles. The highest BCUT2D eigenvalue weighted by molar-refractivity contribution is 7.91. The number of nitrogens with zero attached hydrogens (tertiary/aromatic N) is 1. The van der Waals surface area contributed by atoms with Crippen molar-refractivity contribution in [2.45, 2.75) is 23.4 Å². The third-order valence-electron chi connectivity index (χ3n) is 3.15. The molecule has 0 amide bonds. The van der Waals surface area contributed by atoms with Gasteiger partial charge >= 0.3 is 6.18 Å². The lowest BCUT2D eigenvalue weighted by molar-refractivity contribution is -0.173. The fourth-order valence-corrected chi connectivity index (χ4v) is 4.91. The number of halogens is 4. The zero-order chi connectivity index (χ0) is 17.3. The highest BCUT2D eigenvalue weighted by Crippen LogP contribution is 2.40. The van der Waals surface area contributed by atoms with Crippen LogP contribution in [0.2, 0.25) is 0 Å². The van der Waals surface area contributed by atoms with Crippen LogP contribution in [-0.2, 0) is 10.0 Å². The highest BCUT2D eigenvalue weighted by atomic mass is 32.2. The number of hydrogen-bond acceptors (Lipinski definition) is 3. The maximum atomic E-state index is 13.5. The van der Waals surface area contributed by atoms with Gasteiger partial charge in [0.1, 0.15) is 16.1 Å². The van der Waals surface area contributed by atoms with Gasteiger partial charge in [0, 0.05) is 6.54 Å². The first-order valence-corrected chi connectivity index (χ1v) is 8.87. The average Bonchev–Trinajstić information content (AvgIpc) is 2.99. The first-order chi connectivity index (χ1) is 10.7. The molecular formula is C14H13F4NO2S2. The summed E-state index contributed by atoms with van der Waals surface area (Å²) >= 11 is 0.842. The lowest BCUT2D eigenvalue weighted by atomic mass is 10.1. The molecule has 0 aliphatic rings. The van der Waals surface area contributed by atoms with Gasteiger partial charge in [0.25, 0.3) is 10.0 Å². The zero-order valence-electron chi connectivity index (χ0n) is 11.9. The van der Waals surface area contributed by atoms with Crippen LogP contribution in [0.3, 0.4) is 0 Å². The molecule has 3 nitrogen and oxygen atoms in total. The van der Waals surface area contributed by atoms with Crippen LogP contribution in [0.5, 0.6) is 0 Å². The molecule has 0 bridgehead atoms. The van der Waals surface area contributed by atoms with Crippen LogP contribution in [0, 0.1) is 5.82 Å². The minimum Gasteiger partial charge on any atom is -0.207 e. The Morgan fingerprint density at radius 2 is 1.78 bits per heavy atom. The Morgan fingerprint density at radius 3 is 2.22 bits per heavy atom. The molecule has 0 N–H and O–H groups in total. The van der Waals surface area contributed by atoms with Crippen LogP contribution in [-0.4, -0.2) is 25.4 Å². The molecule has 1 atom stereocenters. The second-order valence-corrected chi connectivity index (χ2v) is 7.70. The van der Waals surface area contributed by atoms with Crippen molar-refractivity contribution in [2.75, 3.05) is 6.54 Å². The van der Waals surface area contributed by atoms with Crippen molar-refractivity contribution in [1.29, 1.82) is 0 Å². The summed E-state index contributed by atoms with van der Waals surface area (Å²) in [6.07, 6.45) is -4.84. The lowest BCUT2D eigenvalue weighted by Crippen LogP contribution is -2.42. The molecule has 0 aliphatic heterocycles. The summed E-state index contributed by atoms with van der Waals surface area (Å²) in [6, 6.07) is 3.96. The number of benzene rings is 1. The standard InChI is InChI=1S/C14H13F4NO2S2/c1-2-19(23(20,21)12-4-3-9-22-12)13(14(16,17)18)10-5-7-11(15)8-6-10/h3-9,13H,2H2,1H3. The Balaban J connectivity index is 2.55. The summed E-state index contributed by atoms with van der Waals surface area (Å²) in [5.74, 6) is -0.696. The Morgan fingerprint density at radius 1 is 1.17 bits per heavy atom. The van der Waals surface area contributed by atoms with E-state index in [1.807, 2.05) is 0 Å². The molecular weight excluding hydrogens is 354 g/mol. The number of sulfonamides is 1. The van der Waals surface area contributed by atoms with Gasteiger partial charge in [0.2, 0.25) is 0 Å². The Kier molecular flexibility index (Phi) is 5.12. The van der Waals surface area contributed by atoms with Crippen LogP contribution in [0.25, 0.3) is 0 Å². The minimum absolute atomic E-state index is 0.171. The number of alkyl halides is 3. The predicted octanol–water partition coefficient (Wildman–Crippen LogP) is 4.20. The SMILES string of the molecule is CCN(C(c1ccc(F)cc1)C(F)(F)F)S(=O)(=O)c1cccs1. The van der Waals surface area contributed by atoms with Gasteiger partial charge in [0.15, 0.2) is 0 Å². The molecule has 1 aromatic carbocycles. The summed E-state index contributed by atoms with van der Waals surface area (Å²) in [7, 11) is -4.31. The van der Waals surface area contributed by atoms with E-state index in [2.05, 4.69) is 0 Å². The van der Waals surface area contributed by atoms with Gasteiger partial charge in [-0.05, 0) is 29.1 Å². The molecule has 126 valence electrons. The van der Waals surface area contributed by atoms with Gasteiger partial charge in [-0.3, -0.25) is 0 Å². The van der Waals surface area contributed by atoms with E-state index >= 15 is 0 Å². The molecule has 0 fully saturated rings. The van der Waals surface area contributed by atoms with Crippen molar-refractivity contribution in [1.82, 2.24) is 4.31 Å². The summed E-state index contributed by atoms with van der Waals surface area (Å²) in [4.78, 5) is 0. The molecule has 1 unspecified atom stereocenters. The van der Waals surface area contributed by atoms with Crippen molar-refractivity contribution in [3.8, 4) is 0 Å². The second-order valence-electron chi connectivity index (χ2n) is 4.64. The summed E-state index contributed by atoms with van der Waals surface area (Å²) in [5, 5.41) is 1.47. The Labute approximate surface area is 135 Å². The van der Waals surface area contributed by atoms with E-state index in [4.69, 9.17) is 0 Å². The molecule has 1 aromatic heterocycles. The number of rotatable bonds is 5. The molecule has 0 radical (unpaired) electrons. The summed E-state index contributed by atoms with van der Waals surface area (Å²) in [5.41, 5.74) is -0.333. The van der Waals surface area contributed by atoms with E-state index in [1.54, 1.807) is 0 Å². The van der Waals surface area contributed by atoms with Crippen molar-refractivity contribution < 1.29 is 26.0 Å². The molecule has 9 heteroatoms. The Hall–Kier alpha value is -1.45. The van der Waals surface area contributed by atoms with Crippen LogP contribution < -0.4 is 0 Å². The number of thiophene rings is 1. The first kappa shape index (κ1) is 17.9. The van der Waals surface area contributed by atoms with Crippen molar-refractivity contribution in [3.63, 3.8) is 0 Å². The molecule has 23 heavy (non-hydrogen) atoms. The fourth-order valence-electron chi connectivity index (χ4n) is 2.18. The maximum Gasteiger partial charge on any atom is 0.409 e. The third kappa shape index (κ3) is 3.73. The quantitative estimate of drug-likeness (QED) is 0.743. The van der Waals surface area contributed by atoms with Gasteiger partial charge in [-0.1, -0.05) is 25.1 Å². The van der Waals surface area contributed by atoms with E-state index < -0.39 is 28.1 Å². The molecule has 0 saturated carbocycles. The normalized spacial score (nSPS) is 14.2. The predicted molar refractivity (Wildman–Crippen MR) is 79.1 cm³/mol. The molecule has 0 saturated heterocycles. The molecule has 2 rings (SSSR count). The van der Waals surface area contributed by atoms with E-state index in [0.29, 0.717) is 4.31 Å². The average molecular weight is 367 g/mol. The second kappa shape index (κ2) is 6.58. The molecule has 0 spiro atoms. The largest absolute Gasteiger partial charge is 0.409 e. The van der Waals surface area contributed by atoms with Crippen molar-refractivity contribution in [2.24, 2.45) is 0 Å². The zero-order valence-corrected chi connectivity index (χ0v) is 13.6. The van der Waals surface area contributed by atoms with Gasteiger partial charge in [-0.2, -0.15) is 17.5 Å². The molecule has 1 heterocycles. The lowest BCUT2D eigenvalue weighted by Gasteiger charge is -2.31. The van der Waals surface area contributed by atoms with E-state index in [-0.39, 0.29) is 16.3 Å². The maximum absolute atomic E-state index is 13.5. The topological polar surface area (TPSA) is 37.4 Å². The van der Waals surface area contributed by atoms with E-state index in [1.165, 1.54) is 24.4 Å². The van der Waals surface area contributed by atoms with Crippen LogP contribution in [0.15, 0.2) is 46.0 Å². The van der Waals surface area contributed by atoms with E-state index in [9.17, 15) is 26.0 Å². The van der Waals surface area contributed by atoms with Crippen molar-refractivity contribution >= 4 is 21.4 Å². The smallest absolute Gasteiger partial charge is 0.207 e. The minimum atomic E-state index is -4.84.